The van der Waals surface area contributed by atoms with Gasteiger partial charge in [0.25, 0.3) is 0 Å². The standard InChI is InChI=1S/C15H18N2O2S/c1-2-20(18,19)15-9-4-3-8-14(15)17-11-12-6-5-7-13(16)10-12/h3-10,17H,2,11,16H2,1H3. The summed E-state index contributed by atoms with van der Waals surface area (Å²) in [6.45, 7) is 2.17. The molecule has 0 aliphatic rings. The van der Waals surface area contributed by atoms with Crippen LogP contribution in [0.4, 0.5) is 11.4 Å². The van der Waals surface area contributed by atoms with Gasteiger partial charge in [-0.2, -0.15) is 0 Å². The Kier molecular flexibility index (Phi) is 4.29. The highest BCUT2D eigenvalue weighted by Crippen LogP contribution is 2.22. The van der Waals surface area contributed by atoms with Crippen LogP contribution in [0.25, 0.3) is 0 Å². The highest BCUT2D eigenvalue weighted by atomic mass is 32.2. The molecule has 2 aromatic carbocycles. The quantitative estimate of drug-likeness (QED) is 0.830. The Hall–Kier alpha value is -2.01. The number of anilines is 2. The lowest BCUT2D eigenvalue weighted by Crippen LogP contribution is -2.09. The lowest BCUT2D eigenvalue weighted by molar-refractivity contribution is 0.597. The number of hydrogen-bond acceptors (Lipinski definition) is 4. The van der Waals surface area contributed by atoms with Crippen molar-refractivity contribution in [3.63, 3.8) is 0 Å². The van der Waals surface area contributed by atoms with Gasteiger partial charge in [-0.1, -0.05) is 31.2 Å². The molecule has 2 rings (SSSR count). The molecule has 5 heteroatoms. The SMILES string of the molecule is CCS(=O)(=O)c1ccccc1NCc1cccc(N)c1. The lowest BCUT2D eigenvalue weighted by Gasteiger charge is -2.12. The van der Waals surface area contributed by atoms with Gasteiger partial charge in [0.1, 0.15) is 0 Å². The average molecular weight is 290 g/mol. The Bertz CT molecular complexity index is 697. The number of nitrogens with two attached hydrogens (primary N) is 1. The molecule has 106 valence electrons. The molecule has 0 unspecified atom stereocenters. The van der Waals surface area contributed by atoms with E-state index in [2.05, 4.69) is 5.32 Å². The first-order valence-corrected chi connectivity index (χ1v) is 8.08. The van der Waals surface area contributed by atoms with E-state index in [1.54, 1.807) is 25.1 Å². The van der Waals surface area contributed by atoms with Crippen molar-refractivity contribution in [3.8, 4) is 0 Å². The van der Waals surface area contributed by atoms with Crippen molar-refractivity contribution in [2.75, 3.05) is 16.8 Å². The van der Waals surface area contributed by atoms with Crippen LogP contribution >= 0.6 is 0 Å². The molecule has 0 heterocycles. The van der Waals surface area contributed by atoms with Gasteiger partial charge in [-0.15, -0.1) is 0 Å². The number of para-hydroxylation sites is 1. The van der Waals surface area contributed by atoms with Crippen LogP contribution in [0.3, 0.4) is 0 Å². The summed E-state index contributed by atoms with van der Waals surface area (Å²) in [6.07, 6.45) is 0. The van der Waals surface area contributed by atoms with Gasteiger partial charge in [0.15, 0.2) is 9.84 Å². The maximum atomic E-state index is 12.0. The summed E-state index contributed by atoms with van der Waals surface area (Å²) in [7, 11) is -3.23. The van der Waals surface area contributed by atoms with Crippen LogP contribution in [0.5, 0.6) is 0 Å². The zero-order valence-electron chi connectivity index (χ0n) is 11.3. The Labute approximate surface area is 119 Å². The highest BCUT2D eigenvalue weighted by molar-refractivity contribution is 7.91. The third-order valence-electron chi connectivity index (χ3n) is 3.04. The third kappa shape index (κ3) is 3.30. The fraction of sp³-hybridized carbons (Fsp3) is 0.200. The summed E-state index contributed by atoms with van der Waals surface area (Å²) < 4.78 is 24.1. The van der Waals surface area contributed by atoms with Crippen molar-refractivity contribution >= 4 is 21.2 Å². The van der Waals surface area contributed by atoms with Gasteiger partial charge < -0.3 is 11.1 Å². The van der Waals surface area contributed by atoms with E-state index >= 15 is 0 Å². The van der Waals surface area contributed by atoms with E-state index < -0.39 is 9.84 Å². The number of rotatable bonds is 5. The van der Waals surface area contributed by atoms with Crippen LogP contribution in [0.2, 0.25) is 0 Å². The fourth-order valence-electron chi connectivity index (χ4n) is 1.94. The average Bonchev–Trinajstić information content (AvgIpc) is 2.45. The van der Waals surface area contributed by atoms with E-state index in [4.69, 9.17) is 5.73 Å². The van der Waals surface area contributed by atoms with E-state index in [-0.39, 0.29) is 5.75 Å². The van der Waals surface area contributed by atoms with Crippen molar-refractivity contribution in [2.24, 2.45) is 0 Å². The van der Waals surface area contributed by atoms with Crippen LogP contribution in [0, 0.1) is 0 Å². The second kappa shape index (κ2) is 5.96. The number of nitrogen functional groups attached to an aromatic ring is 1. The van der Waals surface area contributed by atoms with Crippen LogP contribution in [0.15, 0.2) is 53.4 Å². The molecule has 0 fully saturated rings. The van der Waals surface area contributed by atoms with Crippen LogP contribution in [-0.2, 0) is 16.4 Å². The topological polar surface area (TPSA) is 72.2 Å². The first-order valence-electron chi connectivity index (χ1n) is 6.43. The van der Waals surface area contributed by atoms with Gasteiger partial charge in [0.2, 0.25) is 0 Å². The van der Waals surface area contributed by atoms with Crippen molar-refractivity contribution in [2.45, 2.75) is 18.4 Å². The van der Waals surface area contributed by atoms with E-state index in [0.29, 0.717) is 22.8 Å². The smallest absolute Gasteiger partial charge is 0.180 e. The van der Waals surface area contributed by atoms with Crippen molar-refractivity contribution in [1.29, 1.82) is 0 Å². The molecule has 0 aliphatic heterocycles. The zero-order chi connectivity index (χ0) is 14.6. The molecule has 0 spiro atoms. The summed E-state index contributed by atoms with van der Waals surface area (Å²) in [6, 6.07) is 14.4. The van der Waals surface area contributed by atoms with Gasteiger partial charge in [-0.05, 0) is 29.8 Å². The zero-order valence-corrected chi connectivity index (χ0v) is 12.2. The maximum Gasteiger partial charge on any atom is 0.180 e. The molecule has 0 atom stereocenters. The van der Waals surface area contributed by atoms with Gasteiger partial charge in [0, 0.05) is 12.2 Å². The predicted octanol–water partition coefficient (Wildman–Crippen LogP) is 2.67. The molecule has 20 heavy (non-hydrogen) atoms. The molecule has 4 nitrogen and oxygen atoms in total. The number of hydrogen-bond donors (Lipinski definition) is 2. The minimum atomic E-state index is -3.23. The van der Waals surface area contributed by atoms with E-state index in [1.807, 2.05) is 30.3 Å². The van der Waals surface area contributed by atoms with Crippen LogP contribution < -0.4 is 11.1 Å². The molecule has 0 aliphatic carbocycles. The second-order valence-electron chi connectivity index (χ2n) is 4.50. The Morgan fingerprint density at radius 1 is 1.10 bits per heavy atom. The highest BCUT2D eigenvalue weighted by Gasteiger charge is 2.15. The van der Waals surface area contributed by atoms with Crippen molar-refractivity contribution < 1.29 is 8.42 Å². The molecular weight excluding hydrogens is 272 g/mol. The molecule has 0 radical (unpaired) electrons. The normalized spacial score (nSPS) is 11.2. The van der Waals surface area contributed by atoms with Crippen LogP contribution in [0.1, 0.15) is 12.5 Å². The van der Waals surface area contributed by atoms with Gasteiger partial charge >= 0.3 is 0 Å². The molecular formula is C15H18N2O2S. The van der Waals surface area contributed by atoms with Crippen molar-refractivity contribution in [3.05, 3.63) is 54.1 Å². The summed E-state index contributed by atoms with van der Waals surface area (Å²) in [5.74, 6) is 0.0873. The minimum absolute atomic E-state index is 0.0873. The fourth-order valence-corrected chi connectivity index (χ4v) is 3.01. The van der Waals surface area contributed by atoms with E-state index in [1.165, 1.54) is 0 Å². The first kappa shape index (κ1) is 14.4. The number of nitrogens with one attached hydrogen (secondary N) is 1. The number of benzene rings is 2. The van der Waals surface area contributed by atoms with E-state index in [0.717, 1.165) is 5.56 Å². The molecule has 0 aromatic heterocycles. The van der Waals surface area contributed by atoms with Gasteiger partial charge in [-0.25, -0.2) is 8.42 Å². The lowest BCUT2D eigenvalue weighted by atomic mass is 10.2. The largest absolute Gasteiger partial charge is 0.399 e. The van der Waals surface area contributed by atoms with Crippen LogP contribution in [-0.4, -0.2) is 14.2 Å². The Balaban J connectivity index is 2.22. The third-order valence-corrected chi connectivity index (χ3v) is 4.82. The molecule has 0 bridgehead atoms. The second-order valence-corrected chi connectivity index (χ2v) is 6.74. The minimum Gasteiger partial charge on any atom is -0.399 e. The Morgan fingerprint density at radius 3 is 2.55 bits per heavy atom. The van der Waals surface area contributed by atoms with E-state index in [9.17, 15) is 8.42 Å². The van der Waals surface area contributed by atoms with Gasteiger partial charge in [0.05, 0.1) is 16.3 Å². The monoisotopic (exact) mass is 290 g/mol. The summed E-state index contributed by atoms with van der Waals surface area (Å²) in [5, 5.41) is 3.16. The Morgan fingerprint density at radius 2 is 1.85 bits per heavy atom. The maximum absolute atomic E-state index is 12.0. The van der Waals surface area contributed by atoms with Gasteiger partial charge in [-0.3, -0.25) is 0 Å². The number of sulfone groups is 1. The summed E-state index contributed by atoms with van der Waals surface area (Å²) in [4.78, 5) is 0.339. The molecule has 2 aromatic rings. The molecule has 0 amide bonds. The molecule has 0 saturated carbocycles. The summed E-state index contributed by atoms with van der Waals surface area (Å²) in [5.41, 5.74) is 8.05. The predicted molar refractivity (Wildman–Crippen MR) is 82.3 cm³/mol. The molecule has 3 N–H and O–H groups in total. The van der Waals surface area contributed by atoms with Crippen molar-refractivity contribution in [1.82, 2.24) is 0 Å². The molecule has 0 saturated heterocycles. The summed E-state index contributed by atoms with van der Waals surface area (Å²) >= 11 is 0. The first-order chi connectivity index (χ1) is 9.53.